The molecule has 0 unspecified atom stereocenters. The Kier molecular flexibility index (Phi) is 5.37. The number of hydrogen-bond acceptors (Lipinski definition) is 6. The van der Waals surface area contributed by atoms with Crippen molar-refractivity contribution in [3.63, 3.8) is 0 Å². The first-order valence-corrected chi connectivity index (χ1v) is 9.15. The first-order chi connectivity index (χ1) is 12.1. The van der Waals surface area contributed by atoms with E-state index >= 15 is 0 Å². The molecule has 2 N–H and O–H groups in total. The normalized spacial score (nSPS) is 11.4. The number of thioether (sulfide) groups is 1. The van der Waals surface area contributed by atoms with Gasteiger partial charge in [0.25, 0.3) is 0 Å². The number of rotatable bonds is 7. The van der Waals surface area contributed by atoms with Gasteiger partial charge in [-0.15, -0.1) is 10.2 Å². The van der Waals surface area contributed by atoms with Gasteiger partial charge in [0.05, 0.1) is 12.9 Å². The second-order valence-electron chi connectivity index (χ2n) is 6.15. The fourth-order valence-corrected chi connectivity index (χ4v) is 3.02. The largest absolute Gasteiger partial charge is 0.497 e. The highest BCUT2D eigenvalue weighted by Gasteiger charge is 2.11. The Morgan fingerprint density at radius 3 is 2.96 bits per heavy atom. The molecule has 8 heteroatoms. The van der Waals surface area contributed by atoms with Crippen molar-refractivity contribution in [1.82, 2.24) is 25.5 Å². The molecule has 0 saturated heterocycles. The lowest BCUT2D eigenvalue weighted by molar-refractivity contribution is -0.118. The molecule has 25 heavy (non-hydrogen) atoms. The third-order valence-electron chi connectivity index (χ3n) is 3.78. The lowest BCUT2D eigenvalue weighted by atomic mass is 10.1. The van der Waals surface area contributed by atoms with Crippen LogP contribution in [0.2, 0.25) is 0 Å². The van der Waals surface area contributed by atoms with Crippen molar-refractivity contribution in [3.8, 4) is 5.75 Å². The maximum Gasteiger partial charge on any atom is 0.230 e. The monoisotopic (exact) mass is 359 g/mol. The van der Waals surface area contributed by atoms with E-state index in [0.29, 0.717) is 28.8 Å². The number of amides is 1. The molecule has 0 aliphatic carbocycles. The second-order valence-corrected chi connectivity index (χ2v) is 7.09. The quantitative estimate of drug-likeness (QED) is 0.630. The van der Waals surface area contributed by atoms with Crippen LogP contribution in [-0.2, 0) is 4.79 Å². The van der Waals surface area contributed by atoms with E-state index in [0.717, 1.165) is 23.1 Å². The van der Waals surface area contributed by atoms with Gasteiger partial charge in [0.2, 0.25) is 11.1 Å². The molecule has 0 spiro atoms. The van der Waals surface area contributed by atoms with Gasteiger partial charge in [0.1, 0.15) is 11.3 Å². The summed E-state index contributed by atoms with van der Waals surface area (Å²) in [6.07, 6.45) is 0.971. The van der Waals surface area contributed by atoms with Crippen molar-refractivity contribution >= 4 is 39.7 Å². The highest BCUT2D eigenvalue weighted by atomic mass is 32.2. The molecule has 0 aliphatic heterocycles. The fraction of sp³-hybridized carbons (Fsp3) is 0.412. The van der Waals surface area contributed by atoms with Crippen LogP contribution in [0.3, 0.4) is 0 Å². The summed E-state index contributed by atoms with van der Waals surface area (Å²) in [6, 6.07) is 5.70. The Bertz CT molecular complexity index is 893. The molecular weight excluding hydrogens is 338 g/mol. The number of benzene rings is 1. The third kappa shape index (κ3) is 4.19. The van der Waals surface area contributed by atoms with Crippen molar-refractivity contribution in [2.45, 2.75) is 25.4 Å². The Balaban J connectivity index is 1.69. The zero-order chi connectivity index (χ0) is 17.8. The molecule has 1 amide bonds. The zero-order valence-corrected chi connectivity index (χ0v) is 15.3. The van der Waals surface area contributed by atoms with Crippen LogP contribution in [0.4, 0.5) is 0 Å². The van der Waals surface area contributed by atoms with E-state index in [-0.39, 0.29) is 11.7 Å². The van der Waals surface area contributed by atoms with Gasteiger partial charge in [-0.25, -0.2) is 4.98 Å². The van der Waals surface area contributed by atoms with E-state index in [2.05, 4.69) is 39.3 Å². The number of hydrogen-bond donors (Lipinski definition) is 2. The molecule has 3 rings (SSSR count). The molecule has 1 aromatic carbocycles. The molecule has 0 fully saturated rings. The maximum absolute atomic E-state index is 11.8. The molecule has 3 aromatic rings. The number of ether oxygens (including phenoxy) is 1. The molecule has 0 saturated carbocycles. The predicted octanol–water partition coefficient (Wildman–Crippen LogP) is 2.77. The van der Waals surface area contributed by atoms with Crippen LogP contribution in [0.5, 0.6) is 5.75 Å². The first kappa shape index (κ1) is 17.5. The number of fused-ring (bicyclic) bond motifs is 3. The van der Waals surface area contributed by atoms with E-state index < -0.39 is 0 Å². The van der Waals surface area contributed by atoms with Crippen LogP contribution in [0.15, 0.2) is 23.4 Å². The average Bonchev–Trinajstić information content (AvgIpc) is 2.96. The number of nitrogens with one attached hydrogen (secondary N) is 2. The summed E-state index contributed by atoms with van der Waals surface area (Å²) in [5.74, 6) is 1.59. The highest BCUT2D eigenvalue weighted by Crippen LogP contribution is 2.27. The molecule has 132 valence electrons. The number of carbonyl (C=O) groups is 1. The molecular formula is C17H21N5O2S. The summed E-state index contributed by atoms with van der Waals surface area (Å²) < 4.78 is 5.25. The predicted molar refractivity (Wildman–Crippen MR) is 98.9 cm³/mol. The van der Waals surface area contributed by atoms with Crippen molar-refractivity contribution in [1.29, 1.82) is 0 Å². The van der Waals surface area contributed by atoms with Gasteiger partial charge in [-0.05, 0) is 30.5 Å². The zero-order valence-electron chi connectivity index (χ0n) is 14.5. The average molecular weight is 359 g/mol. The fourth-order valence-electron chi connectivity index (χ4n) is 2.41. The van der Waals surface area contributed by atoms with E-state index in [9.17, 15) is 4.79 Å². The van der Waals surface area contributed by atoms with Crippen LogP contribution in [0.1, 0.15) is 20.3 Å². The van der Waals surface area contributed by atoms with Gasteiger partial charge in [-0.2, -0.15) is 0 Å². The Morgan fingerprint density at radius 1 is 1.36 bits per heavy atom. The SMILES string of the molecule is COc1ccc2[nH]c3nc(SCC(=O)NCCC(C)C)nnc3c2c1. The molecule has 0 atom stereocenters. The lowest BCUT2D eigenvalue weighted by Crippen LogP contribution is -2.27. The van der Waals surface area contributed by atoms with Gasteiger partial charge in [-0.3, -0.25) is 4.79 Å². The topological polar surface area (TPSA) is 92.8 Å². The smallest absolute Gasteiger partial charge is 0.230 e. The van der Waals surface area contributed by atoms with Crippen LogP contribution in [-0.4, -0.2) is 45.5 Å². The lowest BCUT2D eigenvalue weighted by Gasteiger charge is -2.06. The molecule has 0 radical (unpaired) electrons. The van der Waals surface area contributed by atoms with Gasteiger partial charge in [-0.1, -0.05) is 25.6 Å². The van der Waals surface area contributed by atoms with E-state index in [1.54, 1.807) is 7.11 Å². The summed E-state index contributed by atoms with van der Waals surface area (Å²) in [7, 11) is 1.63. The Hall–Kier alpha value is -2.35. The summed E-state index contributed by atoms with van der Waals surface area (Å²) >= 11 is 1.28. The second kappa shape index (κ2) is 7.69. The molecule has 2 aromatic heterocycles. The Labute approximate surface area is 149 Å². The van der Waals surface area contributed by atoms with Crippen molar-refractivity contribution in [3.05, 3.63) is 18.2 Å². The van der Waals surface area contributed by atoms with Crippen LogP contribution < -0.4 is 10.1 Å². The Morgan fingerprint density at radius 2 is 2.20 bits per heavy atom. The van der Waals surface area contributed by atoms with Gasteiger partial charge in [0.15, 0.2) is 5.65 Å². The number of nitrogens with zero attached hydrogens (tertiary/aromatic N) is 3. The van der Waals surface area contributed by atoms with E-state index in [4.69, 9.17) is 4.74 Å². The maximum atomic E-state index is 11.8. The minimum atomic E-state index is -0.0178. The number of methoxy groups -OCH3 is 1. The summed E-state index contributed by atoms with van der Waals surface area (Å²) in [5.41, 5.74) is 2.27. The van der Waals surface area contributed by atoms with Crippen molar-refractivity contribution in [2.24, 2.45) is 5.92 Å². The molecule has 7 nitrogen and oxygen atoms in total. The number of carbonyl (C=O) groups excluding carboxylic acids is 1. The highest BCUT2D eigenvalue weighted by molar-refractivity contribution is 7.99. The van der Waals surface area contributed by atoms with E-state index in [1.165, 1.54) is 11.8 Å². The summed E-state index contributed by atoms with van der Waals surface area (Å²) in [6.45, 7) is 4.95. The number of H-pyrrole nitrogens is 1. The standard InChI is InChI=1S/C17H21N5O2S/c1-10(2)6-7-18-14(23)9-25-17-20-16-15(21-22-17)12-8-11(24-3)4-5-13(12)19-16/h4-5,8,10H,6-7,9H2,1-3H3,(H,18,23)(H,19,20,22). The number of aromatic amines is 1. The first-order valence-electron chi connectivity index (χ1n) is 8.16. The summed E-state index contributed by atoms with van der Waals surface area (Å²) in [5, 5.41) is 12.7. The van der Waals surface area contributed by atoms with E-state index in [1.807, 2.05) is 18.2 Å². The third-order valence-corrected chi connectivity index (χ3v) is 4.62. The van der Waals surface area contributed by atoms with Crippen molar-refractivity contribution in [2.75, 3.05) is 19.4 Å². The van der Waals surface area contributed by atoms with Gasteiger partial charge in [0, 0.05) is 17.4 Å². The van der Waals surface area contributed by atoms with Crippen LogP contribution >= 0.6 is 11.8 Å². The molecule has 0 aliphatic rings. The van der Waals surface area contributed by atoms with Crippen LogP contribution in [0.25, 0.3) is 22.1 Å². The molecule has 0 bridgehead atoms. The van der Waals surface area contributed by atoms with Gasteiger partial charge < -0.3 is 15.0 Å². The van der Waals surface area contributed by atoms with Crippen molar-refractivity contribution < 1.29 is 9.53 Å². The van der Waals surface area contributed by atoms with Crippen LogP contribution in [0, 0.1) is 5.92 Å². The van der Waals surface area contributed by atoms with Gasteiger partial charge >= 0.3 is 0 Å². The minimum Gasteiger partial charge on any atom is -0.497 e. The molecule has 2 heterocycles. The minimum absolute atomic E-state index is 0.0178. The number of aromatic nitrogens is 4. The summed E-state index contributed by atoms with van der Waals surface area (Å²) in [4.78, 5) is 19.5.